The zero-order chi connectivity index (χ0) is 12.3. The lowest BCUT2D eigenvalue weighted by Crippen LogP contribution is -2.11. The van der Waals surface area contributed by atoms with Crippen LogP contribution in [0.4, 0.5) is 0 Å². The smallest absolute Gasteiger partial charge is 0.248 e. The third kappa shape index (κ3) is 2.60. The number of rotatable bonds is 3. The number of amides is 1. The van der Waals surface area contributed by atoms with E-state index in [1.54, 1.807) is 36.4 Å². The van der Waals surface area contributed by atoms with Crippen LogP contribution >= 0.6 is 0 Å². The molecule has 0 aliphatic heterocycles. The topological polar surface area (TPSA) is 60.2 Å². The van der Waals surface area contributed by atoms with E-state index in [9.17, 15) is 9.00 Å². The Labute approximate surface area is 102 Å². The molecule has 2 aromatic carbocycles. The predicted octanol–water partition coefficient (Wildman–Crippen LogP) is 1.95. The Kier molecular flexibility index (Phi) is 3.35. The van der Waals surface area contributed by atoms with Crippen molar-refractivity contribution in [2.75, 3.05) is 0 Å². The second kappa shape index (κ2) is 4.93. The second-order valence-corrected chi connectivity index (χ2v) is 4.95. The van der Waals surface area contributed by atoms with Gasteiger partial charge in [0.2, 0.25) is 5.91 Å². The lowest BCUT2D eigenvalue weighted by molar-refractivity contribution is 0.1000. The standard InChI is InChI=1S/C13H11NO2S/c14-13(15)10-5-4-8-12(9-10)17(16)11-6-2-1-3-7-11/h1-9H,(H2,14,15). The van der Waals surface area contributed by atoms with E-state index >= 15 is 0 Å². The summed E-state index contributed by atoms with van der Waals surface area (Å²) in [7, 11) is -1.28. The first-order valence-electron chi connectivity index (χ1n) is 5.05. The fraction of sp³-hybridized carbons (Fsp3) is 0. The van der Waals surface area contributed by atoms with E-state index in [0.717, 1.165) is 0 Å². The van der Waals surface area contributed by atoms with Crippen LogP contribution in [0.25, 0.3) is 0 Å². The van der Waals surface area contributed by atoms with E-state index in [4.69, 9.17) is 5.73 Å². The highest BCUT2D eigenvalue weighted by Crippen LogP contribution is 2.16. The van der Waals surface area contributed by atoms with Gasteiger partial charge in [-0.25, -0.2) is 4.21 Å². The van der Waals surface area contributed by atoms with Crippen LogP contribution in [0.5, 0.6) is 0 Å². The van der Waals surface area contributed by atoms with E-state index < -0.39 is 16.7 Å². The Morgan fingerprint density at radius 2 is 1.59 bits per heavy atom. The molecule has 0 bridgehead atoms. The van der Waals surface area contributed by atoms with Gasteiger partial charge in [-0.05, 0) is 30.3 Å². The number of carbonyl (C=O) groups excluding carboxylic acids is 1. The normalized spacial score (nSPS) is 12.0. The third-order valence-corrected chi connectivity index (χ3v) is 3.67. The maximum atomic E-state index is 12.2. The summed E-state index contributed by atoms with van der Waals surface area (Å²) in [6, 6.07) is 15.6. The molecule has 0 heterocycles. The molecule has 1 atom stereocenters. The molecule has 4 heteroatoms. The molecular weight excluding hydrogens is 234 g/mol. The van der Waals surface area contributed by atoms with Crippen molar-refractivity contribution in [1.29, 1.82) is 0 Å². The van der Waals surface area contributed by atoms with Crippen molar-refractivity contribution in [3.8, 4) is 0 Å². The first kappa shape index (κ1) is 11.5. The van der Waals surface area contributed by atoms with Gasteiger partial charge in [-0.2, -0.15) is 0 Å². The predicted molar refractivity (Wildman–Crippen MR) is 66.1 cm³/mol. The maximum Gasteiger partial charge on any atom is 0.248 e. The quantitative estimate of drug-likeness (QED) is 0.898. The first-order valence-corrected chi connectivity index (χ1v) is 6.20. The summed E-state index contributed by atoms with van der Waals surface area (Å²) in [5.41, 5.74) is 5.55. The van der Waals surface area contributed by atoms with Crippen LogP contribution in [0.15, 0.2) is 64.4 Å². The minimum atomic E-state index is -1.28. The molecule has 2 N–H and O–H groups in total. The van der Waals surface area contributed by atoms with Crippen LogP contribution < -0.4 is 5.73 Å². The van der Waals surface area contributed by atoms with Crippen LogP contribution in [0, 0.1) is 0 Å². The van der Waals surface area contributed by atoms with Crippen molar-refractivity contribution in [2.45, 2.75) is 9.79 Å². The molecule has 1 amide bonds. The van der Waals surface area contributed by atoms with Crippen molar-refractivity contribution in [3.05, 3.63) is 60.2 Å². The largest absolute Gasteiger partial charge is 0.366 e. The Morgan fingerprint density at radius 3 is 2.24 bits per heavy atom. The van der Waals surface area contributed by atoms with E-state index in [-0.39, 0.29) is 0 Å². The maximum absolute atomic E-state index is 12.2. The fourth-order valence-corrected chi connectivity index (χ4v) is 2.56. The first-order chi connectivity index (χ1) is 8.18. The van der Waals surface area contributed by atoms with Gasteiger partial charge in [-0.3, -0.25) is 4.79 Å². The minimum absolute atomic E-state index is 0.367. The summed E-state index contributed by atoms with van der Waals surface area (Å²) >= 11 is 0. The molecule has 0 spiro atoms. The molecule has 0 fully saturated rings. The molecule has 2 aromatic rings. The highest BCUT2D eigenvalue weighted by molar-refractivity contribution is 7.85. The summed E-state index contributed by atoms with van der Waals surface area (Å²) in [6.07, 6.45) is 0. The Balaban J connectivity index is 2.38. The van der Waals surface area contributed by atoms with E-state index in [1.807, 2.05) is 18.2 Å². The number of nitrogens with two attached hydrogens (primary N) is 1. The fourth-order valence-electron chi connectivity index (χ4n) is 1.44. The highest BCUT2D eigenvalue weighted by atomic mass is 32.2. The van der Waals surface area contributed by atoms with Gasteiger partial charge in [0.05, 0.1) is 10.8 Å². The molecule has 2 rings (SSSR count). The van der Waals surface area contributed by atoms with Crippen LogP contribution in [-0.4, -0.2) is 10.1 Å². The average Bonchev–Trinajstić information content (AvgIpc) is 2.39. The molecule has 0 saturated heterocycles. The summed E-state index contributed by atoms with van der Waals surface area (Å²) in [6.45, 7) is 0. The number of benzene rings is 2. The van der Waals surface area contributed by atoms with Gasteiger partial charge in [0.15, 0.2) is 0 Å². The molecule has 0 aliphatic rings. The summed E-state index contributed by atoms with van der Waals surface area (Å²) in [4.78, 5) is 12.3. The van der Waals surface area contributed by atoms with Crippen LogP contribution in [-0.2, 0) is 10.8 Å². The molecule has 17 heavy (non-hydrogen) atoms. The van der Waals surface area contributed by atoms with Gasteiger partial charge in [0.1, 0.15) is 0 Å². The van der Waals surface area contributed by atoms with Crippen molar-refractivity contribution in [2.24, 2.45) is 5.73 Å². The van der Waals surface area contributed by atoms with Crippen LogP contribution in [0.1, 0.15) is 10.4 Å². The molecule has 0 radical (unpaired) electrons. The molecule has 3 nitrogen and oxygen atoms in total. The van der Waals surface area contributed by atoms with Crippen LogP contribution in [0.3, 0.4) is 0 Å². The van der Waals surface area contributed by atoms with Crippen molar-refractivity contribution < 1.29 is 9.00 Å². The van der Waals surface area contributed by atoms with Crippen molar-refractivity contribution >= 4 is 16.7 Å². The van der Waals surface area contributed by atoms with Gasteiger partial charge in [0, 0.05) is 15.4 Å². The average molecular weight is 245 g/mol. The molecular formula is C13H11NO2S. The van der Waals surface area contributed by atoms with E-state index in [0.29, 0.717) is 15.4 Å². The zero-order valence-corrected chi connectivity index (χ0v) is 9.81. The summed E-state index contributed by atoms with van der Waals surface area (Å²) < 4.78 is 12.2. The number of primary amides is 1. The number of hydrogen-bond acceptors (Lipinski definition) is 2. The summed E-state index contributed by atoms with van der Waals surface area (Å²) in [5.74, 6) is -0.517. The van der Waals surface area contributed by atoms with E-state index in [2.05, 4.69) is 0 Å². The number of carbonyl (C=O) groups is 1. The van der Waals surface area contributed by atoms with Gasteiger partial charge >= 0.3 is 0 Å². The summed E-state index contributed by atoms with van der Waals surface area (Å²) in [5, 5.41) is 0. The molecule has 0 aliphatic carbocycles. The Hall–Kier alpha value is -1.94. The van der Waals surface area contributed by atoms with E-state index in [1.165, 1.54) is 0 Å². The monoisotopic (exact) mass is 245 g/mol. The Bertz CT molecular complexity index is 567. The highest BCUT2D eigenvalue weighted by Gasteiger charge is 2.08. The van der Waals surface area contributed by atoms with Crippen LogP contribution in [0.2, 0.25) is 0 Å². The second-order valence-electron chi connectivity index (χ2n) is 3.47. The lowest BCUT2D eigenvalue weighted by atomic mass is 10.2. The SMILES string of the molecule is NC(=O)c1cccc(S(=O)c2ccccc2)c1. The van der Waals surface area contributed by atoms with Gasteiger partial charge < -0.3 is 5.73 Å². The van der Waals surface area contributed by atoms with Gasteiger partial charge in [0.25, 0.3) is 0 Å². The zero-order valence-electron chi connectivity index (χ0n) is 9.00. The number of hydrogen-bond donors (Lipinski definition) is 1. The van der Waals surface area contributed by atoms with Gasteiger partial charge in [-0.15, -0.1) is 0 Å². The van der Waals surface area contributed by atoms with Crippen molar-refractivity contribution in [1.82, 2.24) is 0 Å². The molecule has 1 unspecified atom stereocenters. The lowest BCUT2D eigenvalue weighted by Gasteiger charge is -2.03. The Morgan fingerprint density at radius 1 is 0.941 bits per heavy atom. The molecule has 0 saturated carbocycles. The van der Waals surface area contributed by atoms with Gasteiger partial charge in [-0.1, -0.05) is 24.3 Å². The molecule has 0 aromatic heterocycles. The molecule has 86 valence electrons. The van der Waals surface area contributed by atoms with Crippen molar-refractivity contribution in [3.63, 3.8) is 0 Å². The third-order valence-electron chi connectivity index (χ3n) is 2.29. The minimum Gasteiger partial charge on any atom is -0.366 e.